The van der Waals surface area contributed by atoms with E-state index in [0.29, 0.717) is 48.5 Å². The van der Waals surface area contributed by atoms with Crippen molar-refractivity contribution >= 4 is 54.9 Å². The van der Waals surface area contributed by atoms with Gasteiger partial charge >= 0.3 is 24.3 Å². The minimum Gasteiger partial charge on any atom is -0.479 e. The molecule has 274 valence electrons. The van der Waals surface area contributed by atoms with Gasteiger partial charge < -0.3 is 19.5 Å². The zero-order valence-electron chi connectivity index (χ0n) is 27.1. The number of sulfonamides is 1. The number of nitrogens with zero attached hydrogens (tertiary/aromatic N) is 1. The Morgan fingerprint density at radius 1 is 0.980 bits per heavy atom. The van der Waals surface area contributed by atoms with Crippen molar-refractivity contribution in [2.75, 3.05) is 31.1 Å². The maximum absolute atomic E-state index is 14.1. The normalized spacial score (nSPS) is 14.7. The fraction of sp³-hybridized carbons (Fsp3) is 0.438. The van der Waals surface area contributed by atoms with E-state index in [1.54, 1.807) is 26.8 Å². The minimum atomic E-state index is -5.16. The second kappa shape index (κ2) is 15.1. The lowest BCUT2D eigenvalue weighted by molar-refractivity contribution is -0.157. The second-order valence-corrected chi connectivity index (χ2v) is 15.9. The summed E-state index contributed by atoms with van der Waals surface area (Å²) in [6.07, 6.45) is -9.71. The number of anilines is 1. The van der Waals surface area contributed by atoms with Crippen LogP contribution in [0.15, 0.2) is 46.9 Å². The molecule has 2 aromatic carbocycles. The number of halogens is 7. The number of carbonyl (C=O) groups excluding carboxylic acids is 2. The molecule has 1 saturated heterocycles. The van der Waals surface area contributed by atoms with E-state index in [0.717, 1.165) is 22.8 Å². The van der Waals surface area contributed by atoms with E-state index in [1.165, 1.54) is 18.2 Å². The number of piperidine rings is 1. The zero-order valence-corrected chi connectivity index (χ0v) is 30.3. The lowest BCUT2D eigenvalue weighted by Crippen LogP contribution is -2.46. The molecule has 0 radical (unpaired) electrons. The largest absolute Gasteiger partial charge is 0.479 e. The molecule has 0 atom stereocenters. The maximum atomic E-state index is 14.1. The molecule has 4 rings (SSSR count). The number of esters is 2. The number of hydrogen-bond donors (Lipinski definition) is 1. The predicted molar refractivity (Wildman–Crippen MR) is 178 cm³/mol. The van der Waals surface area contributed by atoms with Crippen molar-refractivity contribution in [1.82, 2.24) is 5.32 Å². The minimum absolute atomic E-state index is 0.0174. The summed E-state index contributed by atoms with van der Waals surface area (Å²) >= 11 is 4.34. The van der Waals surface area contributed by atoms with Crippen LogP contribution in [0.2, 0.25) is 0 Å². The van der Waals surface area contributed by atoms with E-state index in [-0.39, 0.29) is 26.9 Å². The third kappa shape index (κ3) is 9.70. The molecular weight excluding hydrogens is 782 g/mol. The van der Waals surface area contributed by atoms with Gasteiger partial charge in [0.2, 0.25) is 10.0 Å². The van der Waals surface area contributed by atoms with Crippen LogP contribution in [0.4, 0.5) is 32.0 Å². The molecule has 3 aromatic rings. The smallest absolute Gasteiger partial charge is 0.416 e. The first-order chi connectivity index (χ1) is 23.1. The van der Waals surface area contributed by atoms with E-state index < -0.39 is 75.0 Å². The molecular formula is C32H33BrF6N2O7S2. The van der Waals surface area contributed by atoms with Gasteiger partial charge in [-0.05, 0) is 104 Å². The topological polar surface area (TPSA) is 111 Å². The first-order valence-electron chi connectivity index (χ1n) is 15.0. The second-order valence-electron chi connectivity index (χ2n) is 12.3. The van der Waals surface area contributed by atoms with E-state index >= 15 is 0 Å². The Balaban J connectivity index is 1.78. The van der Waals surface area contributed by atoms with Crippen molar-refractivity contribution in [3.8, 4) is 16.2 Å². The van der Waals surface area contributed by atoms with Crippen LogP contribution in [0.5, 0.6) is 5.75 Å². The van der Waals surface area contributed by atoms with Crippen LogP contribution < -0.4 is 14.4 Å². The predicted octanol–water partition coefficient (Wildman–Crippen LogP) is 7.81. The molecule has 1 N–H and O–H groups in total. The average Bonchev–Trinajstić information content (AvgIpc) is 3.34. The lowest BCUT2D eigenvalue weighted by atomic mass is 10.1. The highest BCUT2D eigenvalue weighted by Gasteiger charge is 2.39. The van der Waals surface area contributed by atoms with E-state index in [1.807, 2.05) is 0 Å². The molecule has 1 aliphatic rings. The standard InChI is InChI=1S/C32H33BrF6N2O7S2/c1-30(2,3)48-24(42)16-47-26-25(33)27(49-28(26)29(43)46-4)19-6-5-7-23(14-19)41(22-8-10-40-11-9-22)50(44,45)17-18-12-20(31(34,35)36)15-21(13-18)32(37,38)39/h5-7,12-15,22,40H,8-11,16-17H2,1-4H3. The number of carbonyl (C=O) groups is 2. The van der Waals surface area contributed by atoms with Crippen molar-refractivity contribution < 1.29 is 58.6 Å². The zero-order chi connectivity index (χ0) is 37.2. The number of thiophene rings is 1. The quantitative estimate of drug-likeness (QED) is 0.163. The number of rotatable bonds is 10. The van der Waals surface area contributed by atoms with Crippen molar-refractivity contribution in [3.05, 3.63) is 68.5 Å². The summed E-state index contributed by atoms with van der Waals surface area (Å²) in [5.41, 5.74) is -4.26. The van der Waals surface area contributed by atoms with Crippen LogP contribution in [0, 0.1) is 0 Å². The van der Waals surface area contributed by atoms with Gasteiger partial charge in [0.1, 0.15) is 5.60 Å². The number of hydrogen-bond acceptors (Lipinski definition) is 9. The SMILES string of the molecule is COC(=O)c1sc(-c2cccc(N(C3CCNCC3)S(=O)(=O)Cc3cc(C(F)(F)F)cc(C(F)(F)F)c3)c2)c(Br)c1OCC(=O)OC(C)(C)C. The van der Waals surface area contributed by atoms with E-state index in [4.69, 9.17) is 14.2 Å². The Morgan fingerprint density at radius 3 is 2.12 bits per heavy atom. The van der Waals surface area contributed by atoms with Gasteiger partial charge in [-0.2, -0.15) is 26.3 Å². The molecule has 0 unspecified atom stereocenters. The molecule has 0 bridgehead atoms. The molecule has 0 aliphatic carbocycles. The summed E-state index contributed by atoms with van der Waals surface area (Å²) in [5.74, 6) is -2.66. The Hall–Kier alpha value is -3.35. The van der Waals surface area contributed by atoms with E-state index in [9.17, 15) is 44.3 Å². The van der Waals surface area contributed by atoms with Crippen molar-refractivity contribution in [2.45, 2.75) is 63.4 Å². The third-order valence-electron chi connectivity index (χ3n) is 7.23. The number of alkyl halides is 6. The van der Waals surface area contributed by atoms with Gasteiger partial charge in [-0.3, -0.25) is 4.31 Å². The van der Waals surface area contributed by atoms with Crippen LogP contribution in [-0.2, 0) is 42.4 Å². The van der Waals surface area contributed by atoms with Gasteiger partial charge in [0.25, 0.3) is 0 Å². The Labute approximate surface area is 297 Å². The van der Waals surface area contributed by atoms with Crippen LogP contribution in [0.3, 0.4) is 0 Å². The highest BCUT2D eigenvalue weighted by atomic mass is 79.9. The third-order valence-corrected chi connectivity index (χ3v) is 11.3. The van der Waals surface area contributed by atoms with Crippen LogP contribution in [0.25, 0.3) is 10.4 Å². The summed E-state index contributed by atoms with van der Waals surface area (Å²) in [6, 6.07) is 6.12. The van der Waals surface area contributed by atoms with Gasteiger partial charge in [0.05, 0.1) is 39.0 Å². The summed E-state index contributed by atoms with van der Waals surface area (Å²) in [4.78, 5) is 25.4. The van der Waals surface area contributed by atoms with Gasteiger partial charge in [-0.25, -0.2) is 18.0 Å². The number of nitrogens with one attached hydrogen (secondary N) is 1. The Bertz CT molecular complexity index is 1800. The van der Waals surface area contributed by atoms with Gasteiger partial charge in [0, 0.05) is 6.04 Å². The monoisotopic (exact) mass is 814 g/mol. The summed E-state index contributed by atoms with van der Waals surface area (Å²) in [6.45, 7) is 5.28. The highest BCUT2D eigenvalue weighted by molar-refractivity contribution is 9.10. The van der Waals surface area contributed by atoms with E-state index in [2.05, 4.69) is 21.2 Å². The molecule has 1 aliphatic heterocycles. The van der Waals surface area contributed by atoms with Crippen molar-refractivity contribution in [3.63, 3.8) is 0 Å². The number of benzene rings is 2. The summed E-state index contributed by atoms with van der Waals surface area (Å²) in [7, 11) is -3.45. The fourth-order valence-corrected chi connectivity index (χ4v) is 9.04. The molecule has 50 heavy (non-hydrogen) atoms. The van der Waals surface area contributed by atoms with Crippen LogP contribution in [0.1, 0.15) is 60.0 Å². The first-order valence-corrected chi connectivity index (χ1v) is 18.2. The summed E-state index contributed by atoms with van der Waals surface area (Å²) in [5, 5.41) is 3.11. The molecule has 1 fully saturated rings. The Kier molecular flexibility index (Phi) is 11.9. The molecule has 0 amide bonds. The molecule has 0 saturated carbocycles. The maximum Gasteiger partial charge on any atom is 0.416 e. The molecule has 2 heterocycles. The number of methoxy groups -OCH3 is 1. The van der Waals surface area contributed by atoms with Crippen LogP contribution >= 0.6 is 27.3 Å². The first kappa shape index (κ1) is 39.4. The van der Waals surface area contributed by atoms with Gasteiger partial charge in [-0.1, -0.05) is 12.1 Å². The van der Waals surface area contributed by atoms with Crippen LogP contribution in [-0.4, -0.2) is 58.8 Å². The average molecular weight is 816 g/mol. The van der Waals surface area contributed by atoms with Gasteiger partial charge in [0.15, 0.2) is 17.2 Å². The van der Waals surface area contributed by atoms with Crippen molar-refractivity contribution in [1.29, 1.82) is 0 Å². The number of ether oxygens (including phenoxy) is 3. The molecule has 18 heteroatoms. The molecule has 9 nitrogen and oxygen atoms in total. The molecule has 0 spiro atoms. The Morgan fingerprint density at radius 2 is 1.58 bits per heavy atom. The lowest BCUT2D eigenvalue weighted by Gasteiger charge is -2.35. The van der Waals surface area contributed by atoms with Gasteiger partial charge in [-0.15, -0.1) is 11.3 Å². The fourth-order valence-electron chi connectivity index (χ4n) is 5.25. The molecule has 1 aromatic heterocycles. The van der Waals surface area contributed by atoms with Crippen molar-refractivity contribution in [2.24, 2.45) is 0 Å². The summed E-state index contributed by atoms with van der Waals surface area (Å²) < 4.78 is 127. The highest BCUT2D eigenvalue weighted by Crippen LogP contribution is 2.47.